The van der Waals surface area contributed by atoms with Crippen LogP contribution in [0.2, 0.25) is 5.02 Å². The van der Waals surface area contributed by atoms with Gasteiger partial charge in [-0.05, 0) is 78.6 Å². The van der Waals surface area contributed by atoms with E-state index in [-0.39, 0.29) is 5.82 Å². The van der Waals surface area contributed by atoms with Crippen molar-refractivity contribution in [2.75, 3.05) is 23.4 Å². The van der Waals surface area contributed by atoms with Gasteiger partial charge in [-0.25, -0.2) is 9.18 Å². The number of hydrogen-bond acceptors (Lipinski definition) is 3. The van der Waals surface area contributed by atoms with Crippen LogP contribution in [0, 0.1) is 12.7 Å². The second kappa shape index (κ2) is 10.8. The standard InChI is InChI=1S/C26H26ClFN2O2/c1-4-32-26(31)29-25-14-13-24(15-18(25)2)30(17-20-5-11-23(28)12-6-20)16-19(3)21-7-9-22(27)10-8-21/h5-15H,3-4,16-17H2,1-2H3,(H,29,31). The van der Waals surface area contributed by atoms with Gasteiger partial charge in [-0.3, -0.25) is 5.32 Å². The summed E-state index contributed by atoms with van der Waals surface area (Å²) in [5.41, 5.74) is 5.44. The highest BCUT2D eigenvalue weighted by Crippen LogP contribution is 2.27. The van der Waals surface area contributed by atoms with Crippen LogP contribution in [-0.2, 0) is 11.3 Å². The molecule has 4 nitrogen and oxygen atoms in total. The average Bonchev–Trinajstić information content (AvgIpc) is 2.77. The zero-order valence-corrected chi connectivity index (χ0v) is 19.0. The third-order valence-electron chi connectivity index (χ3n) is 5.01. The zero-order valence-electron chi connectivity index (χ0n) is 18.2. The Kier molecular flexibility index (Phi) is 7.90. The number of aryl methyl sites for hydroxylation is 1. The topological polar surface area (TPSA) is 41.6 Å². The first-order valence-corrected chi connectivity index (χ1v) is 10.7. The van der Waals surface area contributed by atoms with Crippen LogP contribution in [-0.4, -0.2) is 19.2 Å². The molecule has 32 heavy (non-hydrogen) atoms. The van der Waals surface area contributed by atoms with Gasteiger partial charge in [-0.1, -0.05) is 42.4 Å². The van der Waals surface area contributed by atoms with Crippen LogP contribution in [0.5, 0.6) is 0 Å². The average molecular weight is 453 g/mol. The van der Waals surface area contributed by atoms with E-state index in [2.05, 4.69) is 16.8 Å². The van der Waals surface area contributed by atoms with Crippen molar-refractivity contribution in [3.8, 4) is 0 Å². The molecule has 3 aromatic rings. The van der Waals surface area contributed by atoms with E-state index in [1.807, 2.05) is 49.4 Å². The number of nitrogens with zero attached hydrogens (tertiary/aromatic N) is 1. The summed E-state index contributed by atoms with van der Waals surface area (Å²) in [5, 5.41) is 3.43. The Morgan fingerprint density at radius 2 is 1.78 bits per heavy atom. The van der Waals surface area contributed by atoms with E-state index in [1.54, 1.807) is 19.1 Å². The molecule has 0 bridgehead atoms. The van der Waals surface area contributed by atoms with Crippen molar-refractivity contribution in [2.45, 2.75) is 20.4 Å². The third kappa shape index (κ3) is 6.34. The highest BCUT2D eigenvalue weighted by Gasteiger charge is 2.13. The number of halogens is 2. The molecule has 0 aliphatic heterocycles. The van der Waals surface area contributed by atoms with E-state index in [0.717, 1.165) is 28.0 Å². The molecule has 6 heteroatoms. The normalized spacial score (nSPS) is 10.5. The van der Waals surface area contributed by atoms with Crippen molar-refractivity contribution >= 4 is 34.6 Å². The van der Waals surface area contributed by atoms with Crippen LogP contribution >= 0.6 is 11.6 Å². The minimum Gasteiger partial charge on any atom is -0.450 e. The van der Waals surface area contributed by atoms with Gasteiger partial charge in [-0.15, -0.1) is 0 Å². The second-order valence-electron chi connectivity index (χ2n) is 7.44. The Hall–Kier alpha value is -3.31. The van der Waals surface area contributed by atoms with E-state index in [0.29, 0.717) is 30.4 Å². The fourth-order valence-electron chi connectivity index (χ4n) is 3.32. The lowest BCUT2D eigenvalue weighted by Crippen LogP contribution is -2.25. The van der Waals surface area contributed by atoms with Gasteiger partial charge in [-0.2, -0.15) is 0 Å². The fourth-order valence-corrected chi connectivity index (χ4v) is 3.44. The molecular formula is C26H26ClFN2O2. The van der Waals surface area contributed by atoms with Gasteiger partial charge < -0.3 is 9.64 Å². The van der Waals surface area contributed by atoms with Gasteiger partial charge in [0.05, 0.1) is 6.61 Å². The number of benzene rings is 3. The molecular weight excluding hydrogens is 427 g/mol. The first kappa shape index (κ1) is 23.4. The summed E-state index contributed by atoms with van der Waals surface area (Å²) in [4.78, 5) is 13.9. The summed E-state index contributed by atoms with van der Waals surface area (Å²) in [6.07, 6.45) is -0.484. The van der Waals surface area contributed by atoms with Gasteiger partial charge in [0, 0.05) is 29.5 Å². The lowest BCUT2D eigenvalue weighted by Gasteiger charge is -2.27. The summed E-state index contributed by atoms with van der Waals surface area (Å²) in [5.74, 6) is -0.267. The summed E-state index contributed by atoms with van der Waals surface area (Å²) < 4.78 is 18.3. The van der Waals surface area contributed by atoms with Gasteiger partial charge in [0.15, 0.2) is 0 Å². The molecule has 1 N–H and O–H groups in total. The molecule has 1 amide bonds. The molecule has 0 radical (unpaired) electrons. The number of anilines is 2. The predicted octanol–water partition coefficient (Wildman–Crippen LogP) is 7.08. The van der Waals surface area contributed by atoms with E-state index in [9.17, 15) is 9.18 Å². The second-order valence-corrected chi connectivity index (χ2v) is 7.87. The van der Waals surface area contributed by atoms with E-state index in [4.69, 9.17) is 16.3 Å². The molecule has 0 saturated carbocycles. The van der Waals surface area contributed by atoms with E-state index >= 15 is 0 Å². The largest absolute Gasteiger partial charge is 0.450 e. The van der Waals surface area contributed by atoms with Crippen LogP contribution in [0.15, 0.2) is 73.3 Å². The van der Waals surface area contributed by atoms with Crippen LogP contribution in [0.4, 0.5) is 20.6 Å². The monoisotopic (exact) mass is 452 g/mol. The smallest absolute Gasteiger partial charge is 0.411 e. The quantitative estimate of drug-likeness (QED) is 0.397. The summed E-state index contributed by atoms with van der Waals surface area (Å²) in [6.45, 7) is 9.38. The number of carbonyl (C=O) groups excluding carboxylic acids is 1. The molecule has 0 heterocycles. The molecule has 0 spiro atoms. The zero-order chi connectivity index (χ0) is 23.1. The number of hydrogen-bond donors (Lipinski definition) is 1. The highest BCUT2D eigenvalue weighted by molar-refractivity contribution is 6.30. The number of nitrogens with one attached hydrogen (secondary N) is 1. The van der Waals surface area contributed by atoms with Gasteiger partial charge in [0.1, 0.15) is 5.82 Å². The SMILES string of the molecule is C=C(CN(Cc1ccc(F)cc1)c1ccc(NC(=O)OCC)c(C)c1)c1ccc(Cl)cc1. The van der Waals surface area contributed by atoms with E-state index in [1.165, 1.54) is 12.1 Å². The van der Waals surface area contributed by atoms with Gasteiger partial charge in [0.2, 0.25) is 0 Å². The minimum absolute atomic E-state index is 0.267. The number of amides is 1. The predicted molar refractivity (Wildman–Crippen MR) is 130 cm³/mol. The molecule has 0 aliphatic carbocycles. The van der Waals surface area contributed by atoms with Crippen molar-refractivity contribution < 1.29 is 13.9 Å². The van der Waals surface area contributed by atoms with Crippen LogP contribution in [0.1, 0.15) is 23.6 Å². The molecule has 0 atom stereocenters. The lowest BCUT2D eigenvalue weighted by atomic mass is 10.1. The molecule has 0 aliphatic rings. The third-order valence-corrected chi connectivity index (χ3v) is 5.26. The molecule has 0 unspecified atom stereocenters. The first-order chi connectivity index (χ1) is 15.4. The van der Waals surface area contributed by atoms with Crippen LogP contribution in [0.3, 0.4) is 0 Å². The maximum Gasteiger partial charge on any atom is 0.411 e. The Bertz CT molecular complexity index is 1080. The van der Waals surface area contributed by atoms with Crippen molar-refractivity contribution in [1.29, 1.82) is 0 Å². The number of carbonyl (C=O) groups is 1. The van der Waals surface area contributed by atoms with Crippen molar-refractivity contribution in [2.24, 2.45) is 0 Å². The van der Waals surface area contributed by atoms with Crippen LogP contribution < -0.4 is 10.2 Å². The maximum atomic E-state index is 13.4. The molecule has 3 aromatic carbocycles. The van der Waals surface area contributed by atoms with E-state index < -0.39 is 6.09 Å². The first-order valence-electron chi connectivity index (χ1n) is 10.3. The molecule has 0 saturated heterocycles. The Morgan fingerprint density at radius 3 is 2.41 bits per heavy atom. The number of ether oxygens (including phenoxy) is 1. The maximum absolute atomic E-state index is 13.4. The molecule has 166 valence electrons. The summed E-state index contributed by atoms with van der Waals surface area (Å²) in [6, 6.07) is 19.8. The number of rotatable bonds is 8. The summed E-state index contributed by atoms with van der Waals surface area (Å²) >= 11 is 6.02. The van der Waals surface area contributed by atoms with Gasteiger partial charge in [0.25, 0.3) is 0 Å². The summed E-state index contributed by atoms with van der Waals surface area (Å²) in [7, 11) is 0. The Morgan fingerprint density at radius 1 is 1.09 bits per heavy atom. The fraction of sp³-hybridized carbons (Fsp3) is 0.192. The Balaban J connectivity index is 1.86. The molecule has 3 rings (SSSR count). The molecule has 0 aromatic heterocycles. The highest BCUT2D eigenvalue weighted by atomic mass is 35.5. The van der Waals surface area contributed by atoms with Crippen molar-refractivity contribution in [3.63, 3.8) is 0 Å². The van der Waals surface area contributed by atoms with Gasteiger partial charge >= 0.3 is 6.09 Å². The Labute approximate surface area is 193 Å². The minimum atomic E-state index is -0.484. The van der Waals surface area contributed by atoms with Crippen molar-refractivity contribution in [1.82, 2.24) is 0 Å². The lowest BCUT2D eigenvalue weighted by molar-refractivity contribution is 0.168. The molecule has 0 fully saturated rings. The van der Waals surface area contributed by atoms with Crippen LogP contribution in [0.25, 0.3) is 5.57 Å². The van der Waals surface area contributed by atoms with Crippen molar-refractivity contribution in [3.05, 3.63) is 101 Å².